The Morgan fingerprint density at radius 1 is 1.41 bits per heavy atom. The fraction of sp³-hybridized carbons (Fsp3) is 0.538. The molecule has 2 unspecified atom stereocenters. The summed E-state index contributed by atoms with van der Waals surface area (Å²) in [6.07, 6.45) is 5.97. The van der Waals surface area contributed by atoms with E-state index in [1.807, 2.05) is 0 Å². The molecule has 0 bridgehead atoms. The number of anilines is 1. The first kappa shape index (κ1) is 11.9. The maximum atomic E-state index is 11.8. The minimum Gasteiger partial charge on any atom is -0.457 e. The molecular formula is C13H18N2O2. The molecule has 0 aromatic carbocycles. The van der Waals surface area contributed by atoms with Crippen molar-refractivity contribution in [2.75, 3.05) is 5.73 Å². The second-order valence-electron chi connectivity index (χ2n) is 4.68. The zero-order valence-electron chi connectivity index (χ0n) is 10.1. The number of aromatic nitrogens is 1. The largest absolute Gasteiger partial charge is 0.457 e. The van der Waals surface area contributed by atoms with Crippen molar-refractivity contribution in [2.24, 2.45) is 5.92 Å². The molecule has 0 aliphatic heterocycles. The average molecular weight is 234 g/mol. The molecule has 4 nitrogen and oxygen atoms in total. The summed E-state index contributed by atoms with van der Waals surface area (Å²) in [5.74, 6) is 0.102. The highest BCUT2D eigenvalue weighted by Gasteiger charge is 2.25. The van der Waals surface area contributed by atoms with Gasteiger partial charge >= 0.3 is 5.97 Å². The van der Waals surface area contributed by atoms with Crippen LogP contribution in [0, 0.1) is 5.92 Å². The summed E-state index contributed by atoms with van der Waals surface area (Å²) in [6.45, 7) is 2.13. The van der Waals surface area contributed by atoms with Crippen LogP contribution in [0.5, 0.6) is 0 Å². The van der Waals surface area contributed by atoms with Gasteiger partial charge in [0.1, 0.15) is 11.8 Å². The summed E-state index contributed by atoms with van der Waals surface area (Å²) >= 11 is 0. The molecule has 0 saturated heterocycles. The van der Waals surface area contributed by atoms with Gasteiger partial charge in [-0.2, -0.15) is 0 Å². The molecule has 1 aliphatic carbocycles. The Morgan fingerprint density at radius 3 is 2.82 bits per heavy atom. The molecular weight excluding hydrogens is 216 g/mol. The van der Waals surface area contributed by atoms with E-state index >= 15 is 0 Å². The molecule has 1 aromatic rings. The zero-order chi connectivity index (χ0) is 12.3. The van der Waals surface area contributed by atoms with Gasteiger partial charge in [-0.25, -0.2) is 9.78 Å². The SMILES string of the molecule is CC1CCCCC1OC(=O)c1ccc(N)cn1. The van der Waals surface area contributed by atoms with Crippen molar-refractivity contribution in [1.29, 1.82) is 0 Å². The summed E-state index contributed by atoms with van der Waals surface area (Å²) in [5.41, 5.74) is 6.40. The van der Waals surface area contributed by atoms with Crippen LogP contribution in [0.2, 0.25) is 0 Å². The first-order chi connectivity index (χ1) is 8.16. The lowest BCUT2D eigenvalue weighted by Crippen LogP contribution is -2.28. The van der Waals surface area contributed by atoms with Gasteiger partial charge in [-0.05, 0) is 37.3 Å². The monoisotopic (exact) mass is 234 g/mol. The third kappa shape index (κ3) is 2.96. The van der Waals surface area contributed by atoms with Gasteiger partial charge in [-0.1, -0.05) is 13.3 Å². The Balaban J connectivity index is 1.98. The number of nitrogen functional groups attached to an aromatic ring is 1. The molecule has 0 radical (unpaired) electrons. The van der Waals surface area contributed by atoms with E-state index in [0.29, 0.717) is 17.3 Å². The molecule has 1 fully saturated rings. The van der Waals surface area contributed by atoms with Gasteiger partial charge in [0.15, 0.2) is 0 Å². The lowest BCUT2D eigenvalue weighted by atomic mass is 9.88. The number of pyridine rings is 1. The van der Waals surface area contributed by atoms with Gasteiger partial charge in [0.05, 0.1) is 11.9 Å². The highest BCUT2D eigenvalue weighted by Crippen LogP contribution is 2.26. The molecule has 0 amide bonds. The van der Waals surface area contributed by atoms with Crippen LogP contribution in [0.3, 0.4) is 0 Å². The Morgan fingerprint density at radius 2 is 2.18 bits per heavy atom. The van der Waals surface area contributed by atoms with Crippen LogP contribution in [-0.4, -0.2) is 17.1 Å². The number of nitrogens with two attached hydrogens (primary N) is 1. The lowest BCUT2D eigenvalue weighted by Gasteiger charge is -2.28. The second kappa shape index (κ2) is 5.17. The minimum absolute atomic E-state index is 0.0376. The molecule has 4 heteroatoms. The van der Waals surface area contributed by atoms with E-state index in [2.05, 4.69) is 11.9 Å². The number of nitrogens with zero attached hydrogens (tertiary/aromatic N) is 1. The van der Waals surface area contributed by atoms with Gasteiger partial charge in [-0.15, -0.1) is 0 Å². The third-order valence-electron chi connectivity index (χ3n) is 3.29. The molecule has 1 saturated carbocycles. The maximum Gasteiger partial charge on any atom is 0.357 e. The third-order valence-corrected chi connectivity index (χ3v) is 3.29. The van der Waals surface area contributed by atoms with E-state index in [0.717, 1.165) is 19.3 Å². The minimum atomic E-state index is -0.344. The van der Waals surface area contributed by atoms with Crippen LogP contribution in [0.25, 0.3) is 0 Å². The van der Waals surface area contributed by atoms with Crippen molar-refractivity contribution in [3.63, 3.8) is 0 Å². The standard InChI is InChI=1S/C13H18N2O2/c1-9-4-2-3-5-12(9)17-13(16)11-7-6-10(14)8-15-11/h6-9,12H,2-5,14H2,1H3. The number of hydrogen-bond donors (Lipinski definition) is 1. The summed E-state index contributed by atoms with van der Waals surface area (Å²) in [6, 6.07) is 3.26. The summed E-state index contributed by atoms with van der Waals surface area (Å²) in [4.78, 5) is 15.8. The molecule has 2 atom stereocenters. The van der Waals surface area contributed by atoms with Crippen molar-refractivity contribution in [3.05, 3.63) is 24.0 Å². The number of esters is 1. The van der Waals surface area contributed by atoms with Crippen molar-refractivity contribution in [2.45, 2.75) is 38.7 Å². The van der Waals surface area contributed by atoms with Crippen LogP contribution in [0.15, 0.2) is 18.3 Å². The molecule has 1 aliphatic rings. The van der Waals surface area contributed by atoms with Crippen LogP contribution >= 0.6 is 0 Å². The van der Waals surface area contributed by atoms with E-state index < -0.39 is 0 Å². The van der Waals surface area contributed by atoms with E-state index in [1.165, 1.54) is 12.6 Å². The molecule has 2 rings (SSSR count). The Labute approximate surface area is 101 Å². The van der Waals surface area contributed by atoms with Crippen molar-refractivity contribution < 1.29 is 9.53 Å². The average Bonchev–Trinajstić information content (AvgIpc) is 2.33. The van der Waals surface area contributed by atoms with Crippen molar-refractivity contribution >= 4 is 11.7 Å². The molecule has 92 valence electrons. The van der Waals surface area contributed by atoms with Crippen LogP contribution in [-0.2, 0) is 4.74 Å². The van der Waals surface area contributed by atoms with Crippen LogP contribution < -0.4 is 5.73 Å². The molecule has 1 heterocycles. The first-order valence-electron chi connectivity index (χ1n) is 6.09. The summed E-state index contributed by atoms with van der Waals surface area (Å²) < 4.78 is 5.49. The fourth-order valence-electron chi connectivity index (χ4n) is 2.18. The van der Waals surface area contributed by atoms with Crippen molar-refractivity contribution in [1.82, 2.24) is 4.98 Å². The van der Waals surface area contributed by atoms with Gasteiger partial charge in [0.2, 0.25) is 0 Å². The molecule has 1 aromatic heterocycles. The predicted molar refractivity (Wildman–Crippen MR) is 65.5 cm³/mol. The zero-order valence-corrected chi connectivity index (χ0v) is 10.1. The van der Waals surface area contributed by atoms with Crippen molar-refractivity contribution in [3.8, 4) is 0 Å². The number of carbonyl (C=O) groups excluding carboxylic acids is 1. The lowest BCUT2D eigenvalue weighted by molar-refractivity contribution is 0.00421. The first-order valence-corrected chi connectivity index (χ1v) is 6.09. The predicted octanol–water partition coefficient (Wildman–Crippen LogP) is 2.40. The van der Waals surface area contributed by atoms with E-state index in [-0.39, 0.29) is 12.1 Å². The Kier molecular flexibility index (Phi) is 3.61. The van der Waals surface area contributed by atoms with Gasteiger partial charge in [0.25, 0.3) is 0 Å². The number of rotatable bonds is 2. The van der Waals surface area contributed by atoms with E-state index in [9.17, 15) is 4.79 Å². The maximum absolute atomic E-state index is 11.8. The number of hydrogen-bond acceptors (Lipinski definition) is 4. The quantitative estimate of drug-likeness (QED) is 0.798. The normalized spacial score (nSPS) is 24.3. The highest BCUT2D eigenvalue weighted by molar-refractivity contribution is 5.87. The molecule has 0 spiro atoms. The Bertz CT molecular complexity index is 389. The van der Waals surface area contributed by atoms with Gasteiger partial charge < -0.3 is 10.5 Å². The topological polar surface area (TPSA) is 65.2 Å². The van der Waals surface area contributed by atoms with E-state index in [1.54, 1.807) is 12.1 Å². The Hall–Kier alpha value is -1.58. The van der Waals surface area contributed by atoms with Crippen LogP contribution in [0.1, 0.15) is 43.1 Å². The van der Waals surface area contributed by atoms with Gasteiger partial charge in [0, 0.05) is 0 Å². The number of carbonyl (C=O) groups is 1. The van der Waals surface area contributed by atoms with Crippen LogP contribution in [0.4, 0.5) is 5.69 Å². The highest BCUT2D eigenvalue weighted by atomic mass is 16.5. The summed E-state index contributed by atoms with van der Waals surface area (Å²) in [7, 11) is 0. The van der Waals surface area contributed by atoms with Gasteiger partial charge in [-0.3, -0.25) is 0 Å². The fourth-order valence-corrected chi connectivity index (χ4v) is 2.18. The summed E-state index contributed by atoms with van der Waals surface area (Å²) in [5, 5.41) is 0. The van der Waals surface area contributed by atoms with E-state index in [4.69, 9.17) is 10.5 Å². The second-order valence-corrected chi connectivity index (χ2v) is 4.68. The number of ether oxygens (including phenoxy) is 1. The smallest absolute Gasteiger partial charge is 0.357 e. The molecule has 2 N–H and O–H groups in total. The molecule has 17 heavy (non-hydrogen) atoms.